The molecule has 6 nitrogen and oxygen atoms in total. The van der Waals surface area contributed by atoms with Crippen LogP contribution in [-0.2, 0) is 0 Å². The Labute approximate surface area is 146 Å². The number of nitrogen functional groups attached to an aromatic ring is 1. The van der Waals surface area contributed by atoms with Gasteiger partial charge >= 0.3 is 0 Å². The fraction of sp³-hybridized carbons (Fsp3) is 0.368. The number of nitrogens with zero attached hydrogens (tertiary/aromatic N) is 2. The highest BCUT2D eigenvalue weighted by molar-refractivity contribution is 6.14. The summed E-state index contributed by atoms with van der Waals surface area (Å²) in [5.41, 5.74) is 8.42. The van der Waals surface area contributed by atoms with Crippen molar-refractivity contribution in [3.05, 3.63) is 47.7 Å². The van der Waals surface area contributed by atoms with Crippen LogP contribution in [0.5, 0.6) is 5.75 Å². The zero-order valence-electron chi connectivity index (χ0n) is 14.0. The van der Waals surface area contributed by atoms with Gasteiger partial charge in [0.2, 0.25) is 0 Å². The van der Waals surface area contributed by atoms with Gasteiger partial charge in [0.25, 0.3) is 0 Å². The summed E-state index contributed by atoms with van der Waals surface area (Å²) < 4.78 is 5.82. The number of aliphatic hydroxyl groups is 1. The molecule has 1 saturated heterocycles. The van der Waals surface area contributed by atoms with Gasteiger partial charge in [-0.3, -0.25) is 5.41 Å². The topological polar surface area (TPSA) is 95.5 Å². The Balaban J connectivity index is 1.60. The van der Waals surface area contributed by atoms with Crippen LogP contribution in [0.3, 0.4) is 0 Å². The van der Waals surface area contributed by atoms with Crippen LogP contribution in [0, 0.1) is 5.41 Å². The number of nitrogens with one attached hydrogen (secondary N) is 1. The predicted octanol–water partition coefficient (Wildman–Crippen LogP) is 2.19. The number of ether oxygens (including phenoxy) is 1. The van der Waals surface area contributed by atoms with Gasteiger partial charge in [-0.1, -0.05) is 0 Å². The fourth-order valence-corrected chi connectivity index (χ4v) is 3.06. The number of benzene rings is 1. The number of aromatic nitrogens is 1. The SMILES string of the molecule is N=C(c1ccnc(N2CC[C@@H](O)C2)c1)c1cc(OC2CC2)ccc1N. The number of hydrogen-bond acceptors (Lipinski definition) is 6. The lowest BCUT2D eigenvalue weighted by atomic mass is 10.0. The second kappa shape index (κ2) is 6.37. The van der Waals surface area contributed by atoms with Crippen molar-refractivity contribution in [1.29, 1.82) is 5.41 Å². The number of pyridine rings is 1. The molecular formula is C19H22N4O2. The van der Waals surface area contributed by atoms with E-state index >= 15 is 0 Å². The van der Waals surface area contributed by atoms with Gasteiger partial charge in [0, 0.05) is 36.1 Å². The van der Waals surface area contributed by atoms with Crippen molar-refractivity contribution >= 4 is 17.2 Å². The molecule has 2 aliphatic rings. The maximum atomic E-state index is 9.72. The van der Waals surface area contributed by atoms with Crippen molar-refractivity contribution in [2.45, 2.75) is 31.5 Å². The molecule has 1 aromatic carbocycles. The van der Waals surface area contributed by atoms with E-state index < -0.39 is 0 Å². The Morgan fingerprint density at radius 3 is 2.80 bits per heavy atom. The van der Waals surface area contributed by atoms with E-state index in [1.807, 2.05) is 29.2 Å². The Hall–Kier alpha value is -2.60. The lowest BCUT2D eigenvalue weighted by Crippen LogP contribution is -2.22. The lowest BCUT2D eigenvalue weighted by Gasteiger charge is -2.18. The fourth-order valence-electron chi connectivity index (χ4n) is 3.06. The van der Waals surface area contributed by atoms with Gasteiger partial charge in [-0.2, -0.15) is 0 Å². The van der Waals surface area contributed by atoms with Crippen LogP contribution in [-0.4, -0.2) is 41.1 Å². The molecule has 0 radical (unpaired) electrons. The van der Waals surface area contributed by atoms with Gasteiger partial charge in [-0.15, -0.1) is 0 Å². The summed E-state index contributed by atoms with van der Waals surface area (Å²) in [6, 6.07) is 9.19. The minimum absolute atomic E-state index is 0.305. The highest BCUT2D eigenvalue weighted by atomic mass is 16.5. The first-order valence-corrected chi connectivity index (χ1v) is 8.64. The van der Waals surface area contributed by atoms with Crippen LogP contribution in [0.2, 0.25) is 0 Å². The molecule has 0 amide bonds. The van der Waals surface area contributed by atoms with E-state index in [0.29, 0.717) is 29.6 Å². The van der Waals surface area contributed by atoms with E-state index in [1.54, 1.807) is 12.3 Å². The normalized spacial score (nSPS) is 19.9. The second-order valence-electron chi connectivity index (χ2n) is 6.73. The third kappa shape index (κ3) is 3.44. The van der Waals surface area contributed by atoms with E-state index in [2.05, 4.69) is 4.98 Å². The van der Waals surface area contributed by atoms with E-state index in [0.717, 1.165) is 42.9 Å². The monoisotopic (exact) mass is 338 g/mol. The summed E-state index contributed by atoms with van der Waals surface area (Å²) >= 11 is 0. The molecular weight excluding hydrogens is 316 g/mol. The van der Waals surface area contributed by atoms with Crippen molar-refractivity contribution in [3.63, 3.8) is 0 Å². The molecule has 130 valence electrons. The Kier molecular flexibility index (Phi) is 4.05. The summed E-state index contributed by atoms with van der Waals surface area (Å²) in [6.07, 6.45) is 4.62. The van der Waals surface area contributed by atoms with Crippen LogP contribution in [0.25, 0.3) is 0 Å². The van der Waals surface area contributed by atoms with Crippen LogP contribution >= 0.6 is 0 Å². The molecule has 1 saturated carbocycles. The zero-order valence-corrected chi connectivity index (χ0v) is 14.0. The van der Waals surface area contributed by atoms with E-state index in [-0.39, 0.29) is 6.10 Å². The molecule has 0 spiro atoms. The highest BCUT2D eigenvalue weighted by Gasteiger charge is 2.24. The van der Waals surface area contributed by atoms with Crippen molar-refractivity contribution in [2.75, 3.05) is 23.7 Å². The Morgan fingerprint density at radius 2 is 2.08 bits per heavy atom. The average Bonchev–Trinajstić information content (AvgIpc) is 3.33. The summed E-state index contributed by atoms with van der Waals surface area (Å²) in [5.74, 6) is 1.54. The van der Waals surface area contributed by atoms with E-state index in [4.69, 9.17) is 15.9 Å². The molecule has 2 aromatic rings. The number of aliphatic hydroxyl groups excluding tert-OH is 1. The lowest BCUT2D eigenvalue weighted by molar-refractivity contribution is 0.198. The third-order valence-corrected chi connectivity index (χ3v) is 4.64. The van der Waals surface area contributed by atoms with Gasteiger partial charge < -0.3 is 20.5 Å². The highest BCUT2D eigenvalue weighted by Crippen LogP contribution is 2.30. The minimum Gasteiger partial charge on any atom is -0.490 e. The second-order valence-corrected chi connectivity index (χ2v) is 6.73. The van der Waals surface area contributed by atoms with Crippen molar-refractivity contribution < 1.29 is 9.84 Å². The number of hydrogen-bond donors (Lipinski definition) is 3. The Bertz CT molecular complexity index is 804. The smallest absolute Gasteiger partial charge is 0.129 e. The molecule has 4 rings (SSSR count). The quantitative estimate of drug-likeness (QED) is 0.574. The molecule has 0 bridgehead atoms. The molecule has 1 aromatic heterocycles. The molecule has 25 heavy (non-hydrogen) atoms. The number of nitrogens with two attached hydrogens (primary N) is 1. The minimum atomic E-state index is -0.309. The van der Waals surface area contributed by atoms with Gasteiger partial charge in [0.15, 0.2) is 0 Å². The third-order valence-electron chi connectivity index (χ3n) is 4.64. The summed E-state index contributed by atoms with van der Waals surface area (Å²) in [6.45, 7) is 1.36. The first-order chi connectivity index (χ1) is 12.1. The summed E-state index contributed by atoms with van der Waals surface area (Å²) in [7, 11) is 0. The van der Waals surface area contributed by atoms with Crippen molar-refractivity contribution in [1.82, 2.24) is 4.98 Å². The molecule has 1 aliphatic heterocycles. The molecule has 0 unspecified atom stereocenters. The molecule has 1 atom stereocenters. The molecule has 2 fully saturated rings. The summed E-state index contributed by atoms with van der Waals surface area (Å²) in [4.78, 5) is 6.42. The van der Waals surface area contributed by atoms with E-state index in [1.165, 1.54) is 0 Å². The van der Waals surface area contributed by atoms with E-state index in [9.17, 15) is 5.11 Å². The summed E-state index contributed by atoms with van der Waals surface area (Å²) in [5, 5.41) is 18.3. The maximum absolute atomic E-state index is 9.72. The molecule has 6 heteroatoms. The van der Waals surface area contributed by atoms with Crippen LogP contribution in [0.1, 0.15) is 30.4 Å². The molecule has 2 heterocycles. The first-order valence-electron chi connectivity index (χ1n) is 8.64. The zero-order chi connectivity index (χ0) is 17.4. The van der Waals surface area contributed by atoms with Crippen molar-refractivity contribution in [3.8, 4) is 5.75 Å². The van der Waals surface area contributed by atoms with Gasteiger partial charge in [0.1, 0.15) is 11.6 Å². The van der Waals surface area contributed by atoms with Gasteiger partial charge in [-0.05, 0) is 49.6 Å². The molecule has 1 aliphatic carbocycles. The van der Waals surface area contributed by atoms with Gasteiger partial charge in [-0.25, -0.2) is 4.98 Å². The maximum Gasteiger partial charge on any atom is 0.129 e. The largest absolute Gasteiger partial charge is 0.490 e. The van der Waals surface area contributed by atoms with Gasteiger partial charge in [0.05, 0.1) is 17.9 Å². The van der Waals surface area contributed by atoms with Crippen LogP contribution in [0.4, 0.5) is 11.5 Å². The predicted molar refractivity (Wildman–Crippen MR) is 97.5 cm³/mol. The first kappa shape index (κ1) is 15.9. The van der Waals surface area contributed by atoms with Crippen LogP contribution < -0.4 is 15.4 Å². The number of anilines is 2. The number of β-amino-alcohol motifs (C(OH)–C–C–N with tert-alkyl or cyclic N) is 1. The Morgan fingerprint density at radius 1 is 1.24 bits per heavy atom. The van der Waals surface area contributed by atoms with Crippen LogP contribution in [0.15, 0.2) is 36.5 Å². The molecule has 4 N–H and O–H groups in total. The number of rotatable bonds is 5. The average molecular weight is 338 g/mol. The van der Waals surface area contributed by atoms with Crippen molar-refractivity contribution in [2.24, 2.45) is 0 Å². The standard InChI is InChI=1S/C19H22N4O2/c20-17-4-3-15(25-14-1-2-14)10-16(17)19(21)12-5-7-22-18(9-12)23-8-6-13(24)11-23/h3-5,7,9-10,13-14,21,24H,1-2,6,8,11,20H2/t13-/m1/s1.